The smallest absolute Gasteiger partial charge is 0.311 e. The van der Waals surface area contributed by atoms with E-state index in [1.54, 1.807) is 12.1 Å². The number of aryl methyl sites for hydroxylation is 2. The lowest BCUT2D eigenvalue weighted by molar-refractivity contribution is -0.138. The van der Waals surface area contributed by atoms with Gasteiger partial charge in [-0.3, -0.25) is 4.79 Å². The third-order valence-corrected chi connectivity index (χ3v) is 3.46. The third kappa shape index (κ3) is 3.23. The highest BCUT2D eigenvalue weighted by molar-refractivity contribution is 5.77. The molecule has 0 saturated carbocycles. The Morgan fingerprint density at radius 1 is 1.15 bits per heavy atom. The Balaban J connectivity index is 2.34. The molecule has 0 spiro atoms. The lowest BCUT2D eigenvalue weighted by atomic mass is 9.88. The van der Waals surface area contributed by atoms with Crippen molar-refractivity contribution in [3.05, 3.63) is 70.5 Å². The molecule has 0 amide bonds. The fraction of sp³-hybridized carbons (Fsp3) is 0.235. The van der Waals surface area contributed by atoms with Gasteiger partial charge in [0.15, 0.2) is 0 Å². The number of carboxylic acids is 1. The highest BCUT2D eigenvalue weighted by Gasteiger charge is 2.22. The zero-order chi connectivity index (χ0) is 14.7. The fourth-order valence-electron chi connectivity index (χ4n) is 2.32. The van der Waals surface area contributed by atoms with E-state index < -0.39 is 11.9 Å². The summed E-state index contributed by atoms with van der Waals surface area (Å²) in [6, 6.07) is 11.8. The Bertz CT molecular complexity index is 617. The summed E-state index contributed by atoms with van der Waals surface area (Å²) in [7, 11) is 0. The standard InChI is InChI=1S/C17H17FO2/c1-11-3-4-12(2)15(9-11)16(17(19)20)10-13-5-7-14(18)8-6-13/h3-9,16H,10H2,1-2H3,(H,19,20). The fourth-order valence-corrected chi connectivity index (χ4v) is 2.32. The van der Waals surface area contributed by atoms with E-state index in [2.05, 4.69) is 0 Å². The molecule has 3 heteroatoms. The molecule has 0 aromatic heterocycles. The number of carboxylic acid groups (broad SMARTS) is 1. The second kappa shape index (κ2) is 5.87. The number of hydrogen-bond donors (Lipinski definition) is 1. The van der Waals surface area contributed by atoms with Gasteiger partial charge in [0.25, 0.3) is 0 Å². The number of carbonyl (C=O) groups is 1. The van der Waals surface area contributed by atoms with Gasteiger partial charge in [-0.1, -0.05) is 35.9 Å². The van der Waals surface area contributed by atoms with Crippen LogP contribution in [0, 0.1) is 19.7 Å². The van der Waals surface area contributed by atoms with E-state index in [1.807, 2.05) is 32.0 Å². The molecule has 0 saturated heterocycles. The number of benzene rings is 2. The molecule has 0 bridgehead atoms. The summed E-state index contributed by atoms with van der Waals surface area (Å²) in [5.41, 5.74) is 3.64. The molecule has 1 unspecified atom stereocenters. The normalized spacial score (nSPS) is 12.2. The van der Waals surface area contributed by atoms with Crippen molar-refractivity contribution >= 4 is 5.97 Å². The average Bonchev–Trinajstić information content (AvgIpc) is 2.41. The van der Waals surface area contributed by atoms with Crippen molar-refractivity contribution in [3.63, 3.8) is 0 Å². The van der Waals surface area contributed by atoms with Crippen molar-refractivity contribution in [2.75, 3.05) is 0 Å². The van der Waals surface area contributed by atoms with Crippen LogP contribution in [0.2, 0.25) is 0 Å². The predicted molar refractivity (Wildman–Crippen MR) is 76.4 cm³/mol. The van der Waals surface area contributed by atoms with E-state index in [9.17, 15) is 14.3 Å². The number of aliphatic carboxylic acids is 1. The second-order valence-electron chi connectivity index (χ2n) is 5.08. The summed E-state index contributed by atoms with van der Waals surface area (Å²) < 4.78 is 12.9. The molecule has 2 aromatic rings. The molecule has 1 atom stereocenters. The number of halogens is 1. The molecule has 0 heterocycles. The second-order valence-corrected chi connectivity index (χ2v) is 5.08. The summed E-state index contributed by atoms with van der Waals surface area (Å²) in [5, 5.41) is 9.48. The van der Waals surface area contributed by atoms with Gasteiger partial charge >= 0.3 is 5.97 Å². The van der Waals surface area contributed by atoms with Gasteiger partial charge < -0.3 is 5.11 Å². The Labute approximate surface area is 117 Å². The van der Waals surface area contributed by atoms with Crippen molar-refractivity contribution in [1.82, 2.24) is 0 Å². The van der Waals surface area contributed by atoms with E-state index in [-0.39, 0.29) is 5.82 Å². The van der Waals surface area contributed by atoms with Crippen molar-refractivity contribution in [1.29, 1.82) is 0 Å². The lowest BCUT2D eigenvalue weighted by Crippen LogP contribution is -2.16. The van der Waals surface area contributed by atoms with Crippen LogP contribution in [-0.4, -0.2) is 11.1 Å². The first-order valence-electron chi connectivity index (χ1n) is 6.52. The van der Waals surface area contributed by atoms with E-state index in [0.717, 1.165) is 22.3 Å². The van der Waals surface area contributed by atoms with E-state index in [1.165, 1.54) is 12.1 Å². The molecular weight excluding hydrogens is 255 g/mol. The molecule has 2 rings (SSSR count). The van der Waals surface area contributed by atoms with Gasteiger partial charge in [-0.15, -0.1) is 0 Å². The van der Waals surface area contributed by atoms with Crippen LogP contribution in [0.15, 0.2) is 42.5 Å². The summed E-state index contributed by atoms with van der Waals surface area (Å²) in [5.74, 6) is -1.78. The minimum Gasteiger partial charge on any atom is -0.481 e. The molecule has 104 valence electrons. The van der Waals surface area contributed by atoms with Crippen LogP contribution in [0.4, 0.5) is 4.39 Å². The topological polar surface area (TPSA) is 37.3 Å². The highest BCUT2D eigenvalue weighted by Crippen LogP contribution is 2.25. The zero-order valence-electron chi connectivity index (χ0n) is 11.6. The van der Waals surface area contributed by atoms with Crippen molar-refractivity contribution in [3.8, 4) is 0 Å². The maximum Gasteiger partial charge on any atom is 0.311 e. The van der Waals surface area contributed by atoms with Gasteiger partial charge in [0.05, 0.1) is 5.92 Å². The molecule has 0 aliphatic heterocycles. The van der Waals surface area contributed by atoms with Gasteiger partial charge in [-0.05, 0) is 49.1 Å². The van der Waals surface area contributed by atoms with Crippen molar-refractivity contribution in [2.45, 2.75) is 26.2 Å². The van der Waals surface area contributed by atoms with Crippen molar-refractivity contribution in [2.24, 2.45) is 0 Å². The molecule has 20 heavy (non-hydrogen) atoms. The Kier molecular flexibility index (Phi) is 4.18. The van der Waals surface area contributed by atoms with Crippen LogP contribution < -0.4 is 0 Å². The maximum absolute atomic E-state index is 12.9. The maximum atomic E-state index is 12.9. The first-order valence-corrected chi connectivity index (χ1v) is 6.52. The molecule has 0 aliphatic carbocycles. The van der Waals surface area contributed by atoms with Crippen LogP contribution in [0.3, 0.4) is 0 Å². The van der Waals surface area contributed by atoms with Gasteiger partial charge in [0.1, 0.15) is 5.82 Å². The van der Waals surface area contributed by atoms with Gasteiger partial charge in [0.2, 0.25) is 0 Å². The first-order chi connectivity index (χ1) is 9.47. The average molecular weight is 272 g/mol. The Morgan fingerprint density at radius 2 is 1.80 bits per heavy atom. The summed E-state index contributed by atoms with van der Waals surface area (Å²) in [4.78, 5) is 11.6. The quantitative estimate of drug-likeness (QED) is 0.917. The van der Waals surface area contributed by atoms with Gasteiger partial charge in [-0.2, -0.15) is 0 Å². The molecule has 1 N–H and O–H groups in total. The summed E-state index contributed by atoms with van der Waals surface area (Å²) in [6.07, 6.45) is 0.361. The first kappa shape index (κ1) is 14.3. The summed E-state index contributed by atoms with van der Waals surface area (Å²) in [6.45, 7) is 3.86. The number of hydrogen-bond acceptors (Lipinski definition) is 1. The molecule has 0 fully saturated rings. The third-order valence-electron chi connectivity index (χ3n) is 3.46. The largest absolute Gasteiger partial charge is 0.481 e. The monoisotopic (exact) mass is 272 g/mol. The zero-order valence-corrected chi connectivity index (χ0v) is 11.6. The molecular formula is C17H17FO2. The predicted octanol–water partition coefficient (Wildman–Crippen LogP) is 3.85. The molecule has 2 nitrogen and oxygen atoms in total. The van der Waals surface area contributed by atoms with Crippen LogP contribution in [0.25, 0.3) is 0 Å². The lowest BCUT2D eigenvalue weighted by Gasteiger charge is -2.16. The van der Waals surface area contributed by atoms with E-state index in [0.29, 0.717) is 6.42 Å². The molecule has 2 aromatic carbocycles. The van der Waals surface area contributed by atoms with Crippen LogP contribution in [0.1, 0.15) is 28.2 Å². The van der Waals surface area contributed by atoms with E-state index in [4.69, 9.17) is 0 Å². The van der Waals surface area contributed by atoms with Gasteiger partial charge in [-0.25, -0.2) is 4.39 Å². The number of rotatable bonds is 4. The SMILES string of the molecule is Cc1ccc(C)c(C(Cc2ccc(F)cc2)C(=O)O)c1. The van der Waals surface area contributed by atoms with Crippen LogP contribution >= 0.6 is 0 Å². The van der Waals surface area contributed by atoms with E-state index >= 15 is 0 Å². The highest BCUT2D eigenvalue weighted by atomic mass is 19.1. The Morgan fingerprint density at radius 3 is 2.40 bits per heavy atom. The summed E-state index contributed by atoms with van der Waals surface area (Å²) >= 11 is 0. The Hall–Kier alpha value is -2.16. The molecule has 0 radical (unpaired) electrons. The van der Waals surface area contributed by atoms with Crippen molar-refractivity contribution < 1.29 is 14.3 Å². The molecule has 0 aliphatic rings. The van der Waals surface area contributed by atoms with Gasteiger partial charge in [0, 0.05) is 0 Å². The minimum atomic E-state index is -0.858. The van der Waals surface area contributed by atoms with Crippen LogP contribution in [-0.2, 0) is 11.2 Å². The van der Waals surface area contributed by atoms with Crippen LogP contribution in [0.5, 0.6) is 0 Å². The minimum absolute atomic E-state index is 0.313.